The van der Waals surface area contributed by atoms with E-state index in [1.807, 2.05) is 0 Å². The standard InChI is InChI=1S/C10H20N/c1-6-10(7-2)9(3)8-11(4)5/h8H,6-7H2,1-5H3/q+1. The van der Waals surface area contributed by atoms with Crippen LogP contribution in [-0.2, 0) is 0 Å². The van der Waals surface area contributed by atoms with Gasteiger partial charge in [0, 0.05) is 5.57 Å². The van der Waals surface area contributed by atoms with Crippen molar-refractivity contribution in [2.45, 2.75) is 33.6 Å². The van der Waals surface area contributed by atoms with E-state index in [2.05, 4.69) is 45.7 Å². The van der Waals surface area contributed by atoms with Crippen molar-refractivity contribution in [2.24, 2.45) is 0 Å². The Morgan fingerprint density at radius 2 is 1.64 bits per heavy atom. The lowest BCUT2D eigenvalue weighted by atomic mass is 10.1. The molecule has 11 heavy (non-hydrogen) atoms. The van der Waals surface area contributed by atoms with Gasteiger partial charge in [-0.05, 0) is 19.8 Å². The highest BCUT2D eigenvalue weighted by atomic mass is 14.9. The maximum Gasteiger partial charge on any atom is 0.165 e. The molecule has 0 amide bonds. The Bertz CT molecular complexity index is 165. The van der Waals surface area contributed by atoms with Gasteiger partial charge in [-0.25, -0.2) is 4.58 Å². The molecule has 0 aromatic heterocycles. The fourth-order valence-corrected chi connectivity index (χ4v) is 1.29. The van der Waals surface area contributed by atoms with Gasteiger partial charge >= 0.3 is 0 Å². The molecule has 0 heterocycles. The largest absolute Gasteiger partial charge is 0.241 e. The van der Waals surface area contributed by atoms with Gasteiger partial charge in [-0.2, -0.15) is 0 Å². The third kappa shape index (κ3) is 3.97. The van der Waals surface area contributed by atoms with Crippen LogP contribution in [0, 0.1) is 0 Å². The lowest BCUT2D eigenvalue weighted by Crippen LogP contribution is -2.01. The zero-order valence-corrected chi connectivity index (χ0v) is 8.44. The highest BCUT2D eigenvalue weighted by Gasteiger charge is 1.97. The molecule has 0 unspecified atom stereocenters. The van der Waals surface area contributed by atoms with E-state index in [0.29, 0.717) is 0 Å². The molecule has 64 valence electrons. The first-order chi connectivity index (χ1) is 5.11. The molecular formula is C10H20N+. The van der Waals surface area contributed by atoms with E-state index < -0.39 is 0 Å². The van der Waals surface area contributed by atoms with Gasteiger partial charge in [0.05, 0.1) is 0 Å². The lowest BCUT2D eigenvalue weighted by Gasteiger charge is -2.01. The van der Waals surface area contributed by atoms with E-state index in [1.165, 1.54) is 18.4 Å². The highest BCUT2D eigenvalue weighted by Crippen LogP contribution is 2.09. The van der Waals surface area contributed by atoms with E-state index in [-0.39, 0.29) is 0 Å². The fraction of sp³-hybridized carbons (Fsp3) is 0.700. The van der Waals surface area contributed by atoms with Gasteiger partial charge in [-0.15, -0.1) is 0 Å². The molecule has 0 aliphatic carbocycles. The van der Waals surface area contributed by atoms with Crippen LogP contribution in [0.15, 0.2) is 11.1 Å². The normalized spacial score (nSPS) is 9.18. The molecule has 0 N–H and O–H groups in total. The number of nitrogens with zero attached hydrogens (tertiary/aromatic N) is 1. The summed E-state index contributed by atoms with van der Waals surface area (Å²) in [5.41, 5.74) is 2.97. The molecule has 0 aliphatic heterocycles. The predicted octanol–water partition coefficient (Wildman–Crippen LogP) is 2.47. The zero-order chi connectivity index (χ0) is 8.85. The molecule has 1 heteroatoms. The quantitative estimate of drug-likeness (QED) is 0.434. The second-order valence-corrected chi connectivity index (χ2v) is 3.09. The summed E-state index contributed by atoms with van der Waals surface area (Å²) < 4.78 is 2.10. The monoisotopic (exact) mass is 154 g/mol. The van der Waals surface area contributed by atoms with Crippen LogP contribution in [-0.4, -0.2) is 24.9 Å². The summed E-state index contributed by atoms with van der Waals surface area (Å²) in [6.45, 7) is 6.61. The number of hydrogen-bond donors (Lipinski definition) is 0. The van der Waals surface area contributed by atoms with Crippen molar-refractivity contribution in [2.75, 3.05) is 14.1 Å². The van der Waals surface area contributed by atoms with Crippen LogP contribution in [0.5, 0.6) is 0 Å². The van der Waals surface area contributed by atoms with E-state index in [1.54, 1.807) is 5.57 Å². The summed E-state index contributed by atoms with van der Waals surface area (Å²) in [4.78, 5) is 0. The van der Waals surface area contributed by atoms with Gasteiger partial charge in [0.2, 0.25) is 0 Å². The Balaban J connectivity index is 4.48. The van der Waals surface area contributed by atoms with E-state index in [4.69, 9.17) is 0 Å². The third-order valence-electron chi connectivity index (χ3n) is 1.86. The first-order valence-corrected chi connectivity index (χ1v) is 4.31. The first-order valence-electron chi connectivity index (χ1n) is 4.31. The summed E-state index contributed by atoms with van der Waals surface area (Å²) in [6, 6.07) is 0. The van der Waals surface area contributed by atoms with E-state index in [9.17, 15) is 0 Å². The Hall–Kier alpha value is -0.590. The van der Waals surface area contributed by atoms with Crippen LogP contribution in [0.3, 0.4) is 0 Å². The van der Waals surface area contributed by atoms with Gasteiger partial charge < -0.3 is 0 Å². The molecule has 0 rings (SSSR count). The third-order valence-corrected chi connectivity index (χ3v) is 1.86. The van der Waals surface area contributed by atoms with Crippen LogP contribution in [0.1, 0.15) is 33.6 Å². The summed E-state index contributed by atoms with van der Waals surface area (Å²) in [5.74, 6) is 0. The first kappa shape index (κ1) is 10.4. The number of allylic oxidation sites excluding steroid dienone is 2. The molecule has 0 radical (unpaired) electrons. The molecular weight excluding hydrogens is 134 g/mol. The van der Waals surface area contributed by atoms with Gasteiger partial charge in [-0.3, -0.25) is 0 Å². The second kappa shape index (κ2) is 5.11. The maximum atomic E-state index is 2.21. The van der Waals surface area contributed by atoms with Crippen molar-refractivity contribution < 1.29 is 4.58 Å². The minimum atomic E-state index is 1.17. The molecule has 0 bridgehead atoms. The van der Waals surface area contributed by atoms with Gasteiger partial charge in [0.25, 0.3) is 0 Å². The second-order valence-electron chi connectivity index (χ2n) is 3.09. The minimum Gasteiger partial charge on any atom is -0.241 e. The van der Waals surface area contributed by atoms with Gasteiger partial charge in [-0.1, -0.05) is 19.4 Å². The van der Waals surface area contributed by atoms with Gasteiger partial charge in [0.1, 0.15) is 14.1 Å². The van der Waals surface area contributed by atoms with Crippen molar-refractivity contribution in [1.29, 1.82) is 0 Å². The number of hydrogen-bond acceptors (Lipinski definition) is 0. The molecule has 0 aliphatic rings. The van der Waals surface area contributed by atoms with Gasteiger partial charge in [0.15, 0.2) is 6.21 Å². The molecule has 0 aromatic carbocycles. The average Bonchev–Trinajstić information content (AvgIpc) is 1.88. The molecule has 0 saturated heterocycles. The average molecular weight is 154 g/mol. The molecule has 0 aromatic rings. The summed E-state index contributed by atoms with van der Waals surface area (Å²) in [5, 5.41) is 0. The van der Waals surface area contributed by atoms with Crippen molar-refractivity contribution in [3.63, 3.8) is 0 Å². The van der Waals surface area contributed by atoms with Crippen LogP contribution >= 0.6 is 0 Å². The van der Waals surface area contributed by atoms with Crippen molar-refractivity contribution >= 4 is 6.21 Å². The van der Waals surface area contributed by atoms with Crippen molar-refractivity contribution in [1.82, 2.24) is 0 Å². The molecule has 1 nitrogen and oxygen atoms in total. The summed E-state index contributed by atoms with van der Waals surface area (Å²) in [7, 11) is 4.12. The molecule has 0 saturated carbocycles. The summed E-state index contributed by atoms with van der Waals surface area (Å²) in [6.07, 6.45) is 4.53. The van der Waals surface area contributed by atoms with Crippen LogP contribution in [0.25, 0.3) is 0 Å². The van der Waals surface area contributed by atoms with Crippen LogP contribution in [0.2, 0.25) is 0 Å². The molecule has 0 fully saturated rings. The summed E-state index contributed by atoms with van der Waals surface area (Å²) >= 11 is 0. The zero-order valence-electron chi connectivity index (χ0n) is 8.44. The number of rotatable bonds is 3. The van der Waals surface area contributed by atoms with Crippen molar-refractivity contribution in [3.8, 4) is 0 Å². The Kier molecular flexibility index (Phi) is 4.84. The fourth-order valence-electron chi connectivity index (χ4n) is 1.29. The predicted molar refractivity (Wildman–Crippen MR) is 51.5 cm³/mol. The maximum absolute atomic E-state index is 2.21. The molecule has 0 atom stereocenters. The minimum absolute atomic E-state index is 1.17. The SMILES string of the molecule is CCC(CC)=C(C)C=[N+](C)C. The Morgan fingerprint density at radius 3 is 1.91 bits per heavy atom. The van der Waals surface area contributed by atoms with E-state index >= 15 is 0 Å². The van der Waals surface area contributed by atoms with E-state index in [0.717, 1.165) is 0 Å². The Labute approximate surface area is 70.4 Å². The topological polar surface area (TPSA) is 3.01 Å². The Morgan fingerprint density at radius 1 is 1.18 bits per heavy atom. The highest BCUT2D eigenvalue weighted by molar-refractivity contribution is 5.74. The van der Waals surface area contributed by atoms with Crippen LogP contribution < -0.4 is 0 Å². The van der Waals surface area contributed by atoms with Crippen LogP contribution in [0.4, 0.5) is 0 Å². The van der Waals surface area contributed by atoms with Crippen molar-refractivity contribution in [3.05, 3.63) is 11.1 Å². The molecule has 0 spiro atoms. The lowest BCUT2D eigenvalue weighted by molar-refractivity contribution is -0.459. The smallest absolute Gasteiger partial charge is 0.165 e.